The minimum absolute atomic E-state index is 0.0715. The van der Waals surface area contributed by atoms with Gasteiger partial charge in [-0.15, -0.1) is 0 Å². The zero-order chi connectivity index (χ0) is 22.9. The molecule has 0 saturated carbocycles. The Balaban J connectivity index is 2.11. The first-order valence-corrected chi connectivity index (χ1v) is 11.6. The molecule has 166 valence electrons. The summed E-state index contributed by atoms with van der Waals surface area (Å²) in [6.07, 6.45) is 1.45. The standard InChI is InChI=1S/C21H20Cl2FNO5S/c1-3-12(21(26)27)7-13-5-4-6-18(24)19(13)14-8-16(22)20(17(23)9-14)31(28,29)25(2)10-15-11-30-15/h4-9,15H,3,10-11H2,1-2H3,(H,26,27)/t15-/m0/s1. The number of likely N-dealkylation sites (N-methyl/N-ethyl adjacent to an activating group) is 1. The van der Waals surface area contributed by atoms with E-state index < -0.39 is 21.8 Å². The van der Waals surface area contributed by atoms with Crippen molar-refractivity contribution in [1.29, 1.82) is 0 Å². The van der Waals surface area contributed by atoms with Crippen LogP contribution >= 0.6 is 23.2 Å². The van der Waals surface area contributed by atoms with Crippen LogP contribution in [0, 0.1) is 5.82 Å². The van der Waals surface area contributed by atoms with Crippen LogP contribution in [-0.2, 0) is 19.6 Å². The molecule has 10 heteroatoms. The number of carbonyl (C=O) groups is 1. The second kappa shape index (κ2) is 9.26. The van der Waals surface area contributed by atoms with E-state index in [4.69, 9.17) is 27.9 Å². The number of nitrogens with zero attached hydrogens (tertiary/aromatic N) is 1. The van der Waals surface area contributed by atoms with E-state index in [9.17, 15) is 22.7 Å². The fraction of sp³-hybridized carbons (Fsp3) is 0.286. The molecule has 2 aromatic carbocycles. The Bertz CT molecular complexity index is 1140. The topological polar surface area (TPSA) is 87.2 Å². The lowest BCUT2D eigenvalue weighted by molar-refractivity contribution is -0.132. The van der Waals surface area contributed by atoms with Gasteiger partial charge in [0.05, 0.1) is 22.8 Å². The van der Waals surface area contributed by atoms with Gasteiger partial charge in [0.25, 0.3) is 0 Å². The first-order valence-electron chi connectivity index (χ1n) is 9.36. The lowest BCUT2D eigenvalue weighted by Crippen LogP contribution is -2.31. The fourth-order valence-electron chi connectivity index (χ4n) is 3.13. The first kappa shape index (κ1) is 23.7. The number of benzene rings is 2. The van der Waals surface area contributed by atoms with Crippen LogP contribution in [0.1, 0.15) is 18.9 Å². The molecule has 2 aromatic rings. The number of carboxylic acid groups (broad SMARTS) is 1. The number of ether oxygens (including phenoxy) is 1. The zero-order valence-electron chi connectivity index (χ0n) is 16.7. The van der Waals surface area contributed by atoms with Gasteiger partial charge in [0.1, 0.15) is 10.7 Å². The molecule has 1 heterocycles. The maximum Gasteiger partial charge on any atom is 0.331 e. The van der Waals surface area contributed by atoms with Gasteiger partial charge in [0.2, 0.25) is 10.0 Å². The molecule has 1 N–H and O–H groups in total. The number of carboxylic acids is 1. The van der Waals surface area contributed by atoms with E-state index in [-0.39, 0.29) is 50.7 Å². The molecule has 0 aromatic heterocycles. The molecule has 0 bridgehead atoms. The van der Waals surface area contributed by atoms with Crippen LogP contribution < -0.4 is 0 Å². The van der Waals surface area contributed by atoms with Gasteiger partial charge >= 0.3 is 5.97 Å². The Morgan fingerprint density at radius 2 is 1.94 bits per heavy atom. The van der Waals surface area contributed by atoms with Crippen molar-refractivity contribution in [2.75, 3.05) is 20.2 Å². The highest BCUT2D eigenvalue weighted by Gasteiger charge is 2.33. The normalized spacial score (nSPS) is 16.6. The van der Waals surface area contributed by atoms with Crippen molar-refractivity contribution < 1.29 is 27.4 Å². The summed E-state index contributed by atoms with van der Waals surface area (Å²) in [6.45, 7) is 2.32. The Kier molecular flexibility index (Phi) is 7.08. The molecular formula is C21H20Cl2FNO5S. The number of aliphatic carboxylic acids is 1. The molecular weight excluding hydrogens is 468 g/mol. The molecule has 0 amide bonds. The summed E-state index contributed by atoms with van der Waals surface area (Å²) < 4.78 is 46.8. The van der Waals surface area contributed by atoms with Crippen LogP contribution in [0.15, 0.2) is 40.8 Å². The van der Waals surface area contributed by atoms with Gasteiger partial charge in [-0.25, -0.2) is 17.6 Å². The van der Waals surface area contributed by atoms with E-state index in [2.05, 4.69) is 0 Å². The predicted molar refractivity (Wildman–Crippen MR) is 117 cm³/mol. The fourth-order valence-corrected chi connectivity index (χ4v) is 5.49. The zero-order valence-corrected chi connectivity index (χ0v) is 19.1. The minimum Gasteiger partial charge on any atom is -0.478 e. The van der Waals surface area contributed by atoms with Gasteiger partial charge < -0.3 is 9.84 Å². The second-order valence-electron chi connectivity index (χ2n) is 7.04. The van der Waals surface area contributed by atoms with E-state index in [1.807, 2.05) is 0 Å². The van der Waals surface area contributed by atoms with Crippen LogP contribution in [0.5, 0.6) is 0 Å². The summed E-state index contributed by atoms with van der Waals surface area (Å²) in [7, 11) is -2.60. The van der Waals surface area contributed by atoms with Gasteiger partial charge in [-0.3, -0.25) is 0 Å². The molecule has 1 aliphatic rings. The average molecular weight is 488 g/mol. The third-order valence-corrected chi connectivity index (χ3v) is 7.60. The van der Waals surface area contributed by atoms with Crippen molar-refractivity contribution in [3.63, 3.8) is 0 Å². The van der Waals surface area contributed by atoms with E-state index in [1.165, 1.54) is 37.4 Å². The molecule has 6 nitrogen and oxygen atoms in total. The number of hydrogen-bond donors (Lipinski definition) is 1. The Morgan fingerprint density at radius 1 is 1.32 bits per heavy atom. The predicted octanol–water partition coefficient (Wildman–Crippen LogP) is 4.70. The molecule has 0 aliphatic carbocycles. The molecule has 1 atom stereocenters. The summed E-state index contributed by atoms with van der Waals surface area (Å²) in [4.78, 5) is 11.1. The van der Waals surface area contributed by atoms with Gasteiger partial charge in [-0.2, -0.15) is 4.31 Å². The highest BCUT2D eigenvalue weighted by Crippen LogP contribution is 2.38. The van der Waals surface area contributed by atoms with Crippen molar-refractivity contribution in [2.45, 2.75) is 24.3 Å². The minimum atomic E-state index is -4.00. The number of rotatable bonds is 8. The van der Waals surface area contributed by atoms with Crippen molar-refractivity contribution in [3.05, 3.63) is 57.3 Å². The maximum absolute atomic E-state index is 14.8. The summed E-state index contributed by atoms with van der Waals surface area (Å²) in [5, 5.41) is 8.98. The van der Waals surface area contributed by atoms with Gasteiger partial charge in [0, 0.05) is 24.7 Å². The van der Waals surface area contributed by atoms with E-state index in [0.29, 0.717) is 12.2 Å². The molecule has 0 radical (unpaired) electrons. The molecule has 1 saturated heterocycles. The average Bonchev–Trinajstić information content (AvgIpc) is 3.49. The van der Waals surface area contributed by atoms with E-state index in [0.717, 1.165) is 4.31 Å². The second-order valence-corrected chi connectivity index (χ2v) is 9.84. The lowest BCUT2D eigenvalue weighted by Gasteiger charge is -2.19. The van der Waals surface area contributed by atoms with Crippen LogP contribution in [0.2, 0.25) is 10.0 Å². The first-order chi connectivity index (χ1) is 14.6. The monoisotopic (exact) mass is 487 g/mol. The maximum atomic E-state index is 14.8. The highest BCUT2D eigenvalue weighted by molar-refractivity contribution is 7.89. The third kappa shape index (κ3) is 5.10. The van der Waals surface area contributed by atoms with Crippen molar-refractivity contribution >= 4 is 45.3 Å². The molecule has 0 spiro atoms. The van der Waals surface area contributed by atoms with Crippen LogP contribution in [0.4, 0.5) is 4.39 Å². The highest BCUT2D eigenvalue weighted by atomic mass is 35.5. The lowest BCUT2D eigenvalue weighted by atomic mass is 9.97. The SMILES string of the molecule is CCC(=Cc1cccc(F)c1-c1cc(Cl)c(S(=O)(=O)N(C)C[C@H]2CO2)c(Cl)c1)C(=O)O. The summed E-state index contributed by atoms with van der Waals surface area (Å²) in [5.74, 6) is -1.74. The largest absolute Gasteiger partial charge is 0.478 e. The molecule has 1 fully saturated rings. The summed E-state index contributed by atoms with van der Waals surface area (Å²) in [5.41, 5.74) is 0.701. The molecule has 31 heavy (non-hydrogen) atoms. The van der Waals surface area contributed by atoms with E-state index in [1.54, 1.807) is 13.0 Å². The third-order valence-electron chi connectivity index (χ3n) is 4.85. The number of halogens is 3. The quantitative estimate of drug-likeness (QED) is 0.430. The number of hydrogen-bond acceptors (Lipinski definition) is 4. The van der Waals surface area contributed by atoms with Crippen molar-refractivity contribution in [1.82, 2.24) is 4.31 Å². The Labute approximate surface area is 189 Å². The Hall–Kier alpha value is -1.97. The Morgan fingerprint density at radius 3 is 2.45 bits per heavy atom. The van der Waals surface area contributed by atoms with E-state index >= 15 is 0 Å². The molecule has 3 rings (SSSR count). The molecule has 1 aliphatic heterocycles. The summed E-state index contributed by atoms with van der Waals surface area (Å²) in [6, 6.07) is 6.85. The van der Waals surface area contributed by atoms with Gasteiger partial charge in [0.15, 0.2) is 0 Å². The smallest absolute Gasteiger partial charge is 0.331 e. The van der Waals surface area contributed by atoms with Gasteiger partial charge in [-0.05, 0) is 41.8 Å². The number of epoxide rings is 1. The van der Waals surface area contributed by atoms with Crippen molar-refractivity contribution in [2.24, 2.45) is 0 Å². The van der Waals surface area contributed by atoms with Gasteiger partial charge in [-0.1, -0.05) is 42.3 Å². The molecule has 0 unspecified atom stereocenters. The number of sulfonamides is 1. The summed E-state index contributed by atoms with van der Waals surface area (Å²) >= 11 is 12.6. The van der Waals surface area contributed by atoms with Crippen LogP contribution in [0.3, 0.4) is 0 Å². The van der Waals surface area contributed by atoms with Crippen molar-refractivity contribution in [3.8, 4) is 11.1 Å². The van der Waals surface area contributed by atoms with Crippen LogP contribution in [-0.4, -0.2) is 50.1 Å². The van der Waals surface area contributed by atoms with Crippen LogP contribution in [0.25, 0.3) is 17.2 Å².